The minimum absolute atomic E-state index is 0.147. The summed E-state index contributed by atoms with van der Waals surface area (Å²) in [6, 6.07) is 12.7. The SMILES string of the molecule is O=c1[nH]c(-c2ccc(O)c(CN3CCCCC3)c2)nc2ccccc12. The molecule has 2 aromatic carbocycles. The second kappa shape index (κ2) is 6.69. The molecule has 128 valence electrons. The van der Waals surface area contributed by atoms with E-state index in [1.165, 1.54) is 19.3 Å². The van der Waals surface area contributed by atoms with E-state index < -0.39 is 0 Å². The van der Waals surface area contributed by atoms with Crippen molar-refractivity contribution < 1.29 is 5.11 Å². The predicted octanol–water partition coefficient (Wildman–Crippen LogP) is 3.28. The zero-order valence-electron chi connectivity index (χ0n) is 14.0. The molecule has 2 N–H and O–H groups in total. The summed E-state index contributed by atoms with van der Waals surface area (Å²) in [6.07, 6.45) is 3.70. The number of hydrogen-bond donors (Lipinski definition) is 2. The summed E-state index contributed by atoms with van der Waals surface area (Å²) in [4.78, 5) is 22.1. The minimum atomic E-state index is -0.147. The highest BCUT2D eigenvalue weighted by Crippen LogP contribution is 2.26. The van der Waals surface area contributed by atoms with Crippen LogP contribution in [0.2, 0.25) is 0 Å². The summed E-state index contributed by atoms with van der Waals surface area (Å²) < 4.78 is 0. The average Bonchev–Trinajstić information content (AvgIpc) is 2.64. The number of likely N-dealkylation sites (tertiary alicyclic amines) is 1. The van der Waals surface area contributed by atoms with E-state index in [0.717, 1.165) is 30.8 Å². The summed E-state index contributed by atoms with van der Waals surface area (Å²) in [5, 5.41) is 10.8. The maximum absolute atomic E-state index is 12.3. The number of rotatable bonds is 3. The second-order valence-electron chi connectivity index (χ2n) is 6.61. The number of aromatic amines is 1. The number of phenolic OH excluding ortho intramolecular Hbond substituents is 1. The zero-order valence-corrected chi connectivity index (χ0v) is 14.0. The van der Waals surface area contributed by atoms with Crippen molar-refractivity contribution >= 4 is 10.9 Å². The highest BCUT2D eigenvalue weighted by atomic mass is 16.3. The van der Waals surface area contributed by atoms with E-state index in [9.17, 15) is 9.90 Å². The number of phenols is 1. The molecule has 0 spiro atoms. The molecule has 0 amide bonds. The molecule has 2 heterocycles. The molecule has 25 heavy (non-hydrogen) atoms. The van der Waals surface area contributed by atoms with Crippen LogP contribution in [-0.2, 0) is 6.54 Å². The summed E-state index contributed by atoms with van der Waals surface area (Å²) in [6.45, 7) is 2.85. The van der Waals surface area contributed by atoms with Crippen molar-refractivity contribution in [3.8, 4) is 17.1 Å². The summed E-state index contributed by atoms with van der Waals surface area (Å²) in [7, 11) is 0. The molecule has 1 fully saturated rings. The lowest BCUT2D eigenvalue weighted by Crippen LogP contribution is -2.29. The Labute approximate surface area is 146 Å². The lowest BCUT2D eigenvalue weighted by atomic mass is 10.1. The van der Waals surface area contributed by atoms with E-state index in [0.29, 0.717) is 16.7 Å². The second-order valence-corrected chi connectivity index (χ2v) is 6.61. The zero-order chi connectivity index (χ0) is 17.2. The van der Waals surface area contributed by atoms with Gasteiger partial charge in [0.25, 0.3) is 5.56 Å². The first-order chi connectivity index (χ1) is 12.2. The molecular weight excluding hydrogens is 314 g/mol. The van der Waals surface area contributed by atoms with Gasteiger partial charge in [-0.3, -0.25) is 9.69 Å². The lowest BCUT2D eigenvalue weighted by Gasteiger charge is -2.26. The molecule has 0 saturated carbocycles. The average molecular weight is 335 g/mol. The van der Waals surface area contributed by atoms with Gasteiger partial charge < -0.3 is 10.1 Å². The van der Waals surface area contributed by atoms with Crippen LogP contribution in [-0.4, -0.2) is 33.1 Å². The fourth-order valence-electron chi connectivity index (χ4n) is 3.44. The van der Waals surface area contributed by atoms with Crippen LogP contribution < -0.4 is 5.56 Å². The van der Waals surface area contributed by atoms with Gasteiger partial charge in [0.15, 0.2) is 0 Å². The maximum Gasteiger partial charge on any atom is 0.259 e. The van der Waals surface area contributed by atoms with Gasteiger partial charge in [0.1, 0.15) is 11.6 Å². The van der Waals surface area contributed by atoms with Gasteiger partial charge in [-0.15, -0.1) is 0 Å². The number of aromatic hydroxyl groups is 1. The molecule has 0 atom stereocenters. The van der Waals surface area contributed by atoms with Gasteiger partial charge >= 0.3 is 0 Å². The van der Waals surface area contributed by atoms with Crippen LogP contribution in [0.5, 0.6) is 5.75 Å². The van der Waals surface area contributed by atoms with E-state index in [1.54, 1.807) is 18.2 Å². The lowest BCUT2D eigenvalue weighted by molar-refractivity contribution is 0.218. The first-order valence-corrected chi connectivity index (χ1v) is 8.74. The Bertz CT molecular complexity index is 959. The Hall–Kier alpha value is -2.66. The third-order valence-electron chi connectivity index (χ3n) is 4.81. The van der Waals surface area contributed by atoms with Gasteiger partial charge in [-0.2, -0.15) is 0 Å². The normalized spacial score (nSPS) is 15.5. The summed E-state index contributed by atoms with van der Waals surface area (Å²) in [5.74, 6) is 0.820. The molecule has 1 aliphatic heterocycles. The van der Waals surface area contributed by atoms with E-state index in [1.807, 2.05) is 24.3 Å². The molecule has 1 saturated heterocycles. The summed E-state index contributed by atoms with van der Waals surface area (Å²) in [5.41, 5.74) is 2.21. The molecule has 1 aromatic heterocycles. The van der Waals surface area contributed by atoms with Crippen LogP contribution in [0.4, 0.5) is 0 Å². The number of hydrogen-bond acceptors (Lipinski definition) is 4. The number of benzene rings is 2. The number of aromatic nitrogens is 2. The van der Waals surface area contributed by atoms with Crippen LogP contribution in [0, 0.1) is 0 Å². The van der Waals surface area contributed by atoms with Gasteiger partial charge in [-0.05, 0) is 56.3 Å². The van der Waals surface area contributed by atoms with Crippen molar-refractivity contribution in [3.05, 3.63) is 58.4 Å². The van der Waals surface area contributed by atoms with Crippen LogP contribution in [0.1, 0.15) is 24.8 Å². The Kier molecular flexibility index (Phi) is 4.24. The van der Waals surface area contributed by atoms with Gasteiger partial charge in [0, 0.05) is 17.7 Å². The largest absolute Gasteiger partial charge is 0.508 e. The number of fused-ring (bicyclic) bond motifs is 1. The highest BCUT2D eigenvalue weighted by Gasteiger charge is 2.14. The monoisotopic (exact) mass is 335 g/mol. The summed E-state index contributed by atoms with van der Waals surface area (Å²) >= 11 is 0. The van der Waals surface area contributed by atoms with Gasteiger partial charge in [-0.25, -0.2) is 4.98 Å². The Morgan fingerprint density at radius 3 is 2.72 bits per heavy atom. The molecule has 4 rings (SSSR count). The highest BCUT2D eigenvalue weighted by molar-refractivity contribution is 5.79. The standard InChI is InChI=1S/C20H21N3O2/c24-18-9-8-14(12-15(18)13-23-10-4-1-5-11-23)19-21-17-7-3-2-6-16(17)20(25)22-19/h2-3,6-9,12,24H,1,4-5,10-11,13H2,(H,21,22,25). The van der Waals surface area contributed by atoms with Crippen molar-refractivity contribution in [2.45, 2.75) is 25.8 Å². The topological polar surface area (TPSA) is 69.2 Å². The number of para-hydroxylation sites is 1. The van der Waals surface area contributed by atoms with Gasteiger partial charge in [0.2, 0.25) is 0 Å². The quantitative estimate of drug-likeness (QED) is 0.771. The molecule has 1 aliphatic rings. The Morgan fingerprint density at radius 2 is 1.88 bits per heavy atom. The van der Waals surface area contributed by atoms with E-state index >= 15 is 0 Å². The molecule has 3 aromatic rings. The van der Waals surface area contributed by atoms with E-state index in [-0.39, 0.29) is 11.3 Å². The minimum Gasteiger partial charge on any atom is -0.508 e. The van der Waals surface area contributed by atoms with Crippen LogP contribution in [0.25, 0.3) is 22.3 Å². The van der Waals surface area contributed by atoms with Crippen molar-refractivity contribution in [1.29, 1.82) is 0 Å². The Morgan fingerprint density at radius 1 is 1.08 bits per heavy atom. The predicted molar refractivity (Wildman–Crippen MR) is 98.6 cm³/mol. The molecule has 0 unspecified atom stereocenters. The Balaban J connectivity index is 1.71. The maximum atomic E-state index is 12.3. The molecule has 0 aliphatic carbocycles. The van der Waals surface area contributed by atoms with Crippen LogP contribution >= 0.6 is 0 Å². The molecule has 0 bridgehead atoms. The molecule has 0 radical (unpaired) electrons. The molecule has 5 nitrogen and oxygen atoms in total. The molecule has 5 heteroatoms. The van der Waals surface area contributed by atoms with Crippen molar-refractivity contribution in [1.82, 2.24) is 14.9 Å². The van der Waals surface area contributed by atoms with E-state index in [2.05, 4.69) is 14.9 Å². The molecular formula is C20H21N3O2. The number of nitrogens with zero attached hydrogens (tertiary/aromatic N) is 2. The first-order valence-electron chi connectivity index (χ1n) is 8.74. The number of H-pyrrole nitrogens is 1. The smallest absolute Gasteiger partial charge is 0.259 e. The third-order valence-corrected chi connectivity index (χ3v) is 4.81. The van der Waals surface area contributed by atoms with Gasteiger partial charge in [-0.1, -0.05) is 18.6 Å². The van der Waals surface area contributed by atoms with Crippen molar-refractivity contribution in [3.63, 3.8) is 0 Å². The van der Waals surface area contributed by atoms with Gasteiger partial charge in [0.05, 0.1) is 10.9 Å². The first kappa shape index (κ1) is 15.8. The van der Waals surface area contributed by atoms with E-state index in [4.69, 9.17) is 0 Å². The fraction of sp³-hybridized carbons (Fsp3) is 0.300. The fourth-order valence-corrected chi connectivity index (χ4v) is 3.44. The third kappa shape index (κ3) is 3.28. The van der Waals surface area contributed by atoms with Crippen LogP contribution in [0.15, 0.2) is 47.3 Å². The number of piperidine rings is 1. The van der Waals surface area contributed by atoms with Crippen molar-refractivity contribution in [2.75, 3.05) is 13.1 Å². The number of nitrogens with one attached hydrogen (secondary N) is 1. The van der Waals surface area contributed by atoms with Crippen molar-refractivity contribution in [2.24, 2.45) is 0 Å². The van der Waals surface area contributed by atoms with Crippen LogP contribution in [0.3, 0.4) is 0 Å².